The third kappa shape index (κ3) is 6.56. The van der Waals surface area contributed by atoms with E-state index >= 15 is 0 Å². The summed E-state index contributed by atoms with van der Waals surface area (Å²) in [7, 11) is -4.47. The minimum atomic E-state index is -4.17. The molecule has 0 heterocycles. The molecule has 0 saturated heterocycles. The van der Waals surface area contributed by atoms with E-state index in [1.54, 1.807) is 0 Å². The van der Waals surface area contributed by atoms with Gasteiger partial charge in [-0.05, 0) is 6.66 Å². The summed E-state index contributed by atoms with van der Waals surface area (Å²) in [5, 5.41) is 0. The van der Waals surface area contributed by atoms with E-state index in [0.717, 1.165) is 0 Å². The minimum Gasteiger partial charge on any atom is -0.183 e. The molecule has 0 fully saturated rings. The molecule has 4 nitrogen and oxygen atoms in total. The fourth-order valence-electron chi connectivity index (χ4n) is 0.0945. The van der Waals surface area contributed by atoms with Gasteiger partial charge >= 0.3 is 0 Å². The van der Waals surface area contributed by atoms with E-state index in [2.05, 4.69) is 4.08 Å². The Kier molecular flexibility index (Phi) is 2.99. The predicted octanol–water partition coefficient (Wildman–Crippen LogP) is -2.88. The number of hydrogen-bond donors (Lipinski definition) is 0. The van der Waals surface area contributed by atoms with Crippen LogP contribution in [0.3, 0.4) is 0 Å². The summed E-state index contributed by atoms with van der Waals surface area (Å²) in [5.74, 6) is 0. The first kappa shape index (κ1) is 7.56. The van der Waals surface area contributed by atoms with Crippen LogP contribution in [0.15, 0.2) is 0 Å². The van der Waals surface area contributed by atoms with Crippen molar-refractivity contribution in [3.8, 4) is 0 Å². The van der Waals surface area contributed by atoms with Gasteiger partial charge in [-0.2, -0.15) is 14.0 Å². The maximum atomic E-state index is 9.43. The molecule has 0 saturated carbocycles. The van der Waals surface area contributed by atoms with Crippen LogP contribution in [0.5, 0.6) is 0 Å². The van der Waals surface area contributed by atoms with Crippen molar-refractivity contribution in [2.75, 3.05) is 6.66 Å². The van der Waals surface area contributed by atoms with Crippen molar-refractivity contribution < 1.29 is 28.3 Å². The smallest absolute Gasteiger partial charge is 0.183 e. The van der Waals surface area contributed by atoms with Crippen molar-refractivity contribution >= 4 is 8.81 Å². The van der Waals surface area contributed by atoms with E-state index < -0.39 is 10.2 Å². The summed E-state index contributed by atoms with van der Waals surface area (Å²) in [6.07, 6.45) is 0. The van der Waals surface area contributed by atoms with Crippen molar-refractivity contribution in [1.82, 2.24) is 0 Å². The molecule has 7 heavy (non-hydrogen) atoms. The molecule has 0 spiro atoms. The third-order valence-electron chi connectivity index (χ3n) is 0.172. The second-order valence-electron chi connectivity index (χ2n) is 0.659. The molecule has 44 valence electrons. The summed E-state index contributed by atoms with van der Waals surface area (Å²) in [6.45, 7) is 1.45. The van der Waals surface area contributed by atoms with Gasteiger partial charge in [-0.3, -0.25) is 0 Å². The highest BCUT2D eigenvalue weighted by atomic mass is 35.7. The molecule has 6 heteroatoms. The predicted molar refractivity (Wildman–Crippen MR) is 15.3 cm³/mol. The van der Waals surface area contributed by atoms with Gasteiger partial charge in [0.25, 0.3) is 0 Å². The molecule has 0 aliphatic carbocycles. The zero-order chi connectivity index (χ0) is 5.91. The van der Waals surface area contributed by atoms with Gasteiger partial charge in [-0.25, -0.2) is 0 Å². The van der Waals surface area contributed by atoms with E-state index in [1.165, 1.54) is 6.66 Å². The van der Waals surface area contributed by atoms with E-state index in [0.29, 0.717) is 0 Å². The van der Waals surface area contributed by atoms with Gasteiger partial charge in [-0.1, -0.05) is 0 Å². The molecular weight excluding hydrogens is 142 g/mol. The Balaban J connectivity index is 3.15. The third-order valence-corrected chi connectivity index (χ3v) is 1.54. The minimum absolute atomic E-state index is 0.304. The number of rotatable bonds is 2. The van der Waals surface area contributed by atoms with Crippen LogP contribution < -0.4 is 14.0 Å². The highest BCUT2D eigenvalue weighted by molar-refractivity contribution is 7.30. The maximum absolute atomic E-state index is 9.43. The lowest BCUT2D eigenvalue weighted by Crippen LogP contribution is -2.59. The molecule has 0 aromatic heterocycles. The Bertz CT molecular complexity index is 50.1. The van der Waals surface area contributed by atoms with E-state index in [1.807, 2.05) is 0 Å². The zero-order valence-electron chi connectivity index (χ0n) is 3.51. The molecule has 0 aromatic rings. The molecule has 0 rings (SSSR count). The quantitative estimate of drug-likeness (QED) is 0.392. The summed E-state index contributed by atoms with van der Waals surface area (Å²) < 4.78 is 31.9. The lowest BCUT2D eigenvalue weighted by molar-refractivity contribution is -1.91. The second kappa shape index (κ2) is 2.77. The molecule has 1 unspecified atom stereocenters. The molecule has 1 atom stereocenters. The normalized spacial score (nSPS) is 13.7. The van der Waals surface area contributed by atoms with E-state index in [4.69, 9.17) is 0 Å². The van der Waals surface area contributed by atoms with Gasteiger partial charge in [-0.15, -0.1) is 0 Å². The first-order valence-electron chi connectivity index (χ1n) is 1.32. The van der Waals surface area contributed by atoms with Gasteiger partial charge in [0.2, 0.25) is 0 Å². The van der Waals surface area contributed by atoms with Crippen LogP contribution in [-0.4, -0.2) is 6.66 Å². The highest BCUT2D eigenvalue weighted by Crippen LogP contribution is 2.08. The topological polar surface area (TPSA) is 78.4 Å². The van der Waals surface area contributed by atoms with Crippen molar-refractivity contribution in [2.45, 2.75) is 0 Å². The van der Waals surface area contributed by atoms with Crippen LogP contribution in [0.2, 0.25) is 0 Å². The van der Waals surface area contributed by atoms with Gasteiger partial charge in [0, 0.05) is 0 Å². The standard InChI is InChI=1S/CH4ClO4P/c1-7-6-2(3,4)5/h7H,1H3. The second-order valence-corrected chi connectivity index (χ2v) is 2.44. The molecule has 0 bridgehead atoms. The molecule has 0 radical (unpaired) electrons. The maximum Gasteiger partial charge on any atom is 0.198 e. The summed E-state index contributed by atoms with van der Waals surface area (Å²) in [6, 6.07) is 0. The van der Waals surface area contributed by atoms with Crippen LogP contribution in [0, 0.1) is 10.2 Å². The Morgan fingerprint density at radius 3 is 1.86 bits per heavy atom. The molecular formula is CH4ClO4P. The van der Waals surface area contributed by atoms with Gasteiger partial charge in [0.05, 0.1) is 14.3 Å². The summed E-state index contributed by atoms with van der Waals surface area (Å²) in [5.41, 5.74) is 0. The fraction of sp³-hybridized carbons (Fsp3) is 1.00. The van der Waals surface area contributed by atoms with Crippen molar-refractivity contribution in [2.24, 2.45) is 0 Å². The Morgan fingerprint density at radius 2 is 1.86 bits per heavy atom. The van der Waals surface area contributed by atoms with Crippen LogP contribution >= 0.6 is 8.81 Å². The van der Waals surface area contributed by atoms with Gasteiger partial charge in [0.1, 0.15) is 0 Å². The monoisotopic (exact) mass is 146 g/mol. The summed E-state index contributed by atoms with van der Waals surface area (Å²) >= 11 is 0. The Labute approximate surface area is 44.7 Å². The zero-order valence-corrected chi connectivity index (χ0v) is 5.27. The number of halogens is 1. The highest BCUT2D eigenvalue weighted by Gasteiger charge is 2.12. The van der Waals surface area contributed by atoms with Crippen LogP contribution in [-0.2, 0) is 4.08 Å². The van der Waals surface area contributed by atoms with Crippen LogP contribution in [0.1, 0.15) is 0 Å². The first-order valence-corrected chi connectivity index (χ1v) is 3.96. The fourth-order valence-corrected chi connectivity index (χ4v) is 0.850. The van der Waals surface area contributed by atoms with Crippen LogP contribution in [0.25, 0.3) is 0 Å². The average molecular weight is 146 g/mol. The molecule has 0 aliphatic heterocycles. The van der Waals surface area contributed by atoms with Crippen molar-refractivity contribution in [3.05, 3.63) is 0 Å². The molecule has 0 aromatic carbocycles. The Hall–Kier alpha value is 0.560. The molecule has 0 N–H and O–H groups in total. The largest absolute Gasteiger partial charge is 0.198 e. The van der Waals surface area contributed by atoms with Crippen LogP contribution in [0.4, 0.5) is 0 Å². The lowest BCUT2D eigenvalue weighted by atomic mass is 12.0. The average Bonchev–Trinajstić information content (AvgIpc) is 1.30. The molecule has 0 amide bonds. The molecule has 0 aliphatic rings. The first-order chi connectivity index (χ1) is 3.06. The SMILES string of the molecule is CPO[Cl+3]([O-])([O-])[O-]. The van der Waals surface area contributed by atoms with Gasteiger partial charge in [0.15, 0.2) is 8.81 Å². The van der Waals surface area contributed by atoms with Crippen molar-refractivity contribution in [3.63, 3.8) is 0 Å². The van der Waals surface area contributed by atoms with E-state index in [-0.39, 0.29) is 8.81 Å². The lowest BCUT2D eigenvalue weighted by Gasteiger charge is -2.10. The van der Waals surface area contributed by atoms with E-state index in [9.17, 15) is 14.0 Å². The number of hydrogen-bond acceptors (Lipinski definition) is 4. The van der Waals surface area contributed by atoms with Gasteiger partial charge < -0.3 is 0 Å². The Morgan fingerprint density at radius 1 is 1.43 bits per heavy atom. The summed E-state index contributed by atoms with van der Waals surface area (Å²) in [4.78, 5) is 0. The van der Waals surface area contributed by atoms with Crippen molar-refractivity contribution in [1.29, 1.82) is 0 Å².